The van der Waals surface area contributed by atoms with Gasteiger partial charge in [0.25, 0.3) is 5.56 Å². The molecule has 0 saturated heterocycles. The Bertz CT molecular complexity index is 1200. The number of hydrogen-bond donors (Lipinski definition) is 1. The van der Waals surface area contributed by atoms with Crippen molar-refractivity contribution in [3.8, 4) is 0 Å². The Labute approximate surface area is 168 Å². The van der Waals surface area contributed by atoms with Gasteiger partial charge in [0.05, 0.1) is 23.1 Å². The van der Waals surface area contributed by atoms with E-state index < -0.39 is 29.0 Å². The number of rotatable bonds is 6. The van der Waals surface area contributed by atoms with Gasteiger partial charge in [-0.15, -0.1) is 0 Å². The number of aromatic amines is 1. The second-order valence-corrected chi connectivity index (χ2v) is 6.55. The molecular formula is C20H18F3N3O4. The number of aromatic nitrogens is 3. The van der Waals surface area contributed by atoms with Crippen LogP contribution in [0.15, 0.2) is 46.1 Å². The Morgan fingerprint density at radius 3 is 2.67 bits per heavy atom. The number of benzene rings is 1. The Morgan fingerprint density at radius 2 is 1.97 bits per heavy atom. The molecule has 158 valence electrons. The van der Waals surface area contributed by atoms with E-state index in [1.54, 1.807) is 0 Å². The maximum atomic E-state index is 13.0. The molecular weight excluding hydrogens is 403 g/mol. The molecule has 0 aliphatic carbocycles. The molecule has 0 unspecified atom stereocenters. The first-order valence-electron chi connectivity index (χ1n) is 9.17. The highest BCUT2D eigenvalue weighted by Crippen LogP contribution is 2.32. The number of ether oxygens (including phenoxy) is 1. The fourth-order valence-corrected chi connectivity index (χ4v) is 3.06. The number of aryl methyl sites for hydroxylation is 1. The van der Waals surface area contributed by atoms with E-state index in [2.05, 4.69) is 9.97 Å². The van der Waals surface area contributed by atoms with Gasteiger partial charge in [-0.05, 0) is 24.1 Å². The molecule has 0 aliphatic heterocycles. The topological polar surface area (TPSA) is 94.1 Å². The highest BCUT2D eigenvalue weighted by Gasteiger charge is 2.32. The van der Waals surface area contributed by atoms with E-state index in [9.17, 15) is 27.6 Å². The van der Waals surface area contributed by atoms with Crippen molar-refractivity contribution < 1.29 is 22.7 Å². The molecule has 0 spiro atoms. The molecule has 7 nitrogen and oxygen atoms in total. The lowest BCUT2D eigenvalue weighted by molar-refractivity contribution is -0.138. The Kier molecular flexibility index (Phi) is 6.04. The SMILES string of the molecule is CCCn1c(=O)[nH]c(=O)c2cc(C(=O)OCCc3ccccc3C(F)(F)F)cnc21. The third kappa shape index (κ3) is 4.42. The number of nitrogens with zero attached hydrogens (tertiary/aromatic N) is 2. The molecule has 0 amide bonds. The summed E-state index contributed by atoms with van der Waals surface area (Å²) >= 11 is 0. The van der Waals surface area contributed by atoms with Crippen LogP contribution in [0.25, 0.3) is 11.0 Å². The lowest BCUT2D eigenvalue weighted by atomic mass is 10.0. The summed E-state index contributed by atoms with van der Waals surface area (Å²) in [5.74, 6) is -0.832. The van der Waals surface area contributed by atoms with Gasteiger partial charge in [-0.25, -0.2) is 14.6 Å². The van der Waals surface area contributed by atoms with Crippen LogP contribution in [0.3, 0.4) is 0 Å². The second-order valence-electron chi connectivity index (χ2n) is 6.55. The highest BCUT2D eigenvalue weighted by atomic mass is 19.4. The van der Waals surface area contributed by atoms with Crippen molar-refractivity contribution in [3.05, 3.63) is 74.1 Å². The number of carbonyl (C=O) groups is 1. The molecule has 3 rings (SSSR count). The van der Waals surface area contributed by atoms with Gasteiger partial charge in [-0.3, -0.25) is 14.3 Å². The summed E-state index contributed by atoms with van der Waals surface area (Å²) in [4.78, 5) is 42.5. The van der Waals surface area contributed by atoms with Crippen molar-refractivity contribution >= 4 is 17.0 Å². The zero-order valence-electron chi connectivity index (χ0n) is 16.0. The molecule has 2 heterocycles. The van der Waals surface area contributed by atoms with Crippen LogP contribution in [0.5, 0.6) is 0 Å². The van der Waals surface area contributed by atoms with Crippen molar-refractivity contribution in [1.29, 1.82) is 0 Å². The van der Waals surface area contributed by atoms with Crippen LogP contribution in [0.2, 0.25) is 0 Å². The van der Waals surface area contributed by atoms with Crippen LogP contribution >= 0.6 is 0 Å². The van der Waals surface area contributed by atoms with Gasteiger partial charge in [0.2, 0.25) is 0 Å². The number of hydrogen-bond acceptors (Lipinski definition) is 5. The van der Waals surface area contributed by atoms with Gasteiger partial charge < -0.3 is 4.74 Å². The fraction of sp³-hybridized carbons (Fsp3) is 0.300. The zero-order valence-corrected chi connectivity index (χ0v) is 16.0. The molecule has 2 aromatic heterocycles. The van der Waals surface area contributed by atoms with Crippen molar-refractivity contribution in [1.82, 2.24) is 14.5 Å². The average Bonchev–Trinajstić information content (AvgIpc) is 2.70. The minimum atomic E-state index is -4.50. The molecule has 0 bridgehead atoms. The van der Waals surface area contributed by atoms with E-state index >= 15 is 0 Å². The Balaban J connectivity index is 1.79. The molecule has 0 radical (unpaired) electrons. The third-order valence-corrected chi connectivity index (χ3v) is 4.44. The minimum absolute atomic E-state index is 0.00876. The second kappa shape index (κ2) is 8.52. The summed E-state index contributed by atoms with van der Waals surface area (Å²) in [5.41, 5.74) is -1.97. The maximum absolute atomic E-state index is 13.0. The highest BCUT2D eigenvalue weighted by molar-refractivity contribution is 5.92. The number of pyridine rings is 1. The average molecular weight is 421 g/mol. The van der Waals surface area contributed by atoms with Gasteiger partial charge in [-0.2, -0.15) is 13.2 Å². The smallest absolute Gasteiger partial charge is 0.416 e. The van der Waals surface area contributed by atoms with Crippen LogP contribution in [0.4, 0.5) is 13.2 Å². The van der Waals surface area contributed by atoms with E-state index in [1.807, 2.05) is 6.92 Å². The maximum Gasteiger partial charge on any atom is 0.416 e. The number of H-pyrrole nitrogens is 1. The third-order valence-electron chi connectivity index (χ3n) is 4.44. The number of halogens is 3. The van der Waals surface area contributed by atoms with E-state index in [0.717, 1.165) is 6.07 Å². The van der Waals surface area contributed by atoms with E-state index in [-0.39, 0.29) is 35.2 Å². The predicted octanol–water partition coefficient (Wildman–Crippen LogP) is 2.91. The van der Waals surface area contributed by atoms with Gasteiger partial charge in [0.1, 0.15) is 5.65 Å². The Morgan fingerprint density at radius 1 is 1.23 bits per heavy atom. The number of nitrogens with one attached hydrogen (secondary N) is 1. The monoisotopic (exact) mass is 421 g/mol. The standard InChI is InChI=1S/C20H18F3N3O4/c1-2-8-26-16-14(17(27)25-19(26)29)10-13(11-24-16)18(28)30-9-7-12-5-3-4-6-15(12)20(21,22)23/h3-6,10-11H,2,7-9H2,1H3,(H,25,27,29). The van der Waals surface area contributed by atoms with Crippen LogP contribution in [0, 0.1) is 0 Å². The lowest BCUT2D eigenvalue weighted by Crippen LogP contribution is -2.31. The lowest BCUT2D eigenvalue weighted by Gasteiger charge is -2.12. The van der Waals surface area contributed by atoms with Gasteiger partial charge in [-0.1, -0.05) is 25.1 Å². The number of carbonyl (C=O) groups excluding carboxylic acids is 1. The summed E-state index contributed by atoms with van der Waals surface area (Å²) in [6, 6.07) is 6.29. The summed E-state index contributed by atoms with van der Waals surface area (Å²) in [6.07, 6.45) is -2.83. The molecule has 10 heteroatoms. The number of alkyl halides is 3. The van der Waals surface area contributed by atoms with E-state index in [1.165, 1.54) is 35.0 Å². The summed E-state index contributed by atoms with van der Waals surface area (Å²) in [6.45, 7) is 1.91. The summed E-state index contributed by atoms with van der Waals surface area (Å²) < 4.78 is 45.4. The molecule has 0 saturated carbocycles. The molecule has 0 fully saturated rings. The predicted molar refractivity (Wildman–Crippen MR) is 102 cm³/mol. The first-order chi connectivity index (χ1) is 14.2. The van der Waals surface area contributed by atoms with Gasteiger partial charge >= 0.3 is 17.8 Å². The first-order valence-corrected chi connectivity index (χ1v) is 9.17. The minimum Gasteiger partial charge on any atom is -0.462 e. The van der Waals surface area contributed by atoms with E-state index in [0.29, 0.717) is 13.0 Å². The van der Waals surface area contributed by atoms with Crippen molar-refractivity contribution in [2.45, 2.75) is 32.5 Å². The first kappa shape index (κ1) is 21.3. The normalized spacial score (nSPS) is 11.6. The molecule has 0 aliphatic rings. The van der Waals surface area contributed by atoms with Crippen molar-refractivity contribution in [2.24, 2.45) is 0 Å². The fourth-order valence-electron chi connectivity index (χ4n) is 3.06. The molecule has 1 N–H and O–H groups in total. The zero-order chi connectivity index (χ0) is 21.9. The molecule has 0 atom stereocenters. The largest absolute Gasteiger partial charge is 0.462 e. The van der Waals surface area contributed by atoms with Gasteiger partial charge in [0.15, 0.2) is 0 Å². The molecule has 1 aromatic carbocycles. The Hall–Kier alpha value is -3.43. The molecule has 30 heavy (non-hydrogen) atoms. The van der Waals surface area contributed by atoms with E-state index in [4.69, 9.17) is 4.74 Å². The number of esters is 1. The van der Waals surface area contributed by atoms with Crippen molar-refractivity contribution in [3.63, 3.8) is 0 Å². The van der Waals surface area contributed by atoms with Crippen LogP contribution < -0.4 is 11.2 Å². The number of fused-ring (bicyclic) bond motifs is 1. The summed E-state index contributed by atoms with van der Waals surface area (Å²) in [5, 5.41) is 0.0416. The summed E-state index contributed by atoms with van der Waals surface area (Å²) in [7, 11) is 0. The molecule has 3 aromatic rings. The quantitative estimate of drug-likeness (QED) is 0.618. The van der Waals surface area contributed by atoms with Crippen LogP contribution in [-0.2, 0) is 23.9 Å². The van der Waals surface area contributed by atoms with Crippen molar-refractivity contribution in [2.75, 3.05) is 6.61 Å². The van der Waals surface area contributed by atoms with Crippen LogP contribution in [-0.4, -0.2) is 27.1 Å². The van der Waals surface area contributed by atoms with Crippen LogP contribution in [0.1, 0.15) is 34.8 Å². The van der Waals surface area contributed by atoms with Gasteiger partial charge in [0, 0.05) is 19.2 Å².